The van der Waals surface area contributed by atoms with Crippen LogP contribution in [-0.2, 0) is 20.9 Å². The number of nitrogens with one attached hydrogen (secondary N) is 1. The molecule has 4 N–H and O–H groups in total. The molecule has 2 heterocycles. The summed E-state index contributed by atoms with van der Waals surface area (Å²) in [7, 11) is 0. The van der Waals surface area contributed by atoms with Crippen LogP contribution < -0.4 is 11.1 Å². The van der Waals surface area contributed by atoms with Gasteiger partial charge in [-0.3, -0.25) is 19.3 Å². The third-order valence-electron chi connectivity index (χ3n) is 4.07. The van der Waals surface area contributed by atoms with Crippen LogP contribution in [0.5, 0.6) is 0 Å². The van der Waals surface area contributed by atoms with E-state index >= 15 is 0 Å². The molecule has 1 atom stereocenters. The van der Waals surface area contributed by atoms with Crippen LogP contribution in [0.4, 0.5) is 0 Å². The summed E-state index contributed by atoms with van der Waals surface area (Å²) >= 11 is 0. The van der Waals surface area contributed by atoms with Gasteiger partial charge in [-0.25, -0.2) is 4.79 Å². The average molecular weight is 388 g/mol. The second-order valence-corrected chi connectivity index (χ2v) is 6.36. The summed E-state index contributed by atoms with van der Waals surface area (Å²) in [5.41, 5.74) is 6.47. The van der Waals surface area contributed by atoms with E-state index in [-0.39, 0.29) is 25.2 Å². The molecule has 0 aliphatic heterocycles. The zero-order chi connectivity index (χ0) is 20.4. The van der Waals surface area contributed by atoms with Gasteiger partial charge in [0.15, 0.2) is 0 Å². The number of nitrogens with two attached hydrogens (primary N) is 1. The number of unbranched alkanes of at least 4 members (excludes halogenated alkanes) is 2. The second-order valence-electron chi connectivity index (χ2n) is 6.36. The Hall–Kier alpha value is -3.30. The Bertz CT molecular complexity index is 792. The summed E-state index contributed by atoms with van der Waals surface area (Å²) in [6.07, 6.45) is 5.85. The summed E-state index contributed by atoms with van der Waals surface area (Å²) in [5.74, 6) is -2.13. The monoisotopic (exact) mass is 388 g/mol. The molecule has 0 aliphatic rings. The molecule has 0 fully saturated rings. The SMILES string of the molecule is NC(=O)CC[C@H](NC(=O)CCCCCn1cc(-c2ccccn2)nn1)C(=O)O. The van der Waals surface area contributed by atoms with E-state index in [9.17, 15) is 14.4 Å². The number of carbonyl (C=O) groups excluding carboxylic acids is 2. The topological polar surface area (TPSA) is 153 Å². The highest BCUT2D eigenvalue weighted by atomic mass is 16.4. The number of hydrogen-bond donors (Lipinski definition) is 3. The van der Waals surface area contributed by atoms with Gasteiger partial charge in [0.1, 0.15) is 11.7 Å². The van der Waals surface area contributed by atoms with Gasteiger partial charge in [-0.2, -0.15) is 0 Å². The van der Waals surface area contributed by atoms with Gasteiger partial charge in [0.2, 0.25) is 11.8 Å². The summed E-state index contributed by atoms with van der Waals surface area (Å²) in [6.45, 7) is 0.664. The highest BCUT2D eigenvalue weighted by molar-refractivity contribution is 5.84. The second kappa shape index (κ2) is 10.8. The molecule has 150 valence electrons. The normalized spacial score (nSPS) is 11.7. The molecule has 10 heteroatoms. The summed E-state index contributed by atoms with van der Waals surface area (Å²) in [6, 6.07) is 4.48. The molecule has 0 unspecified atom stereocenters. The molecule has 0 radical (unpaired) electrons. The van der Waals surface area contributed by atoms with Crippen molar-refractivity contribution >= 4 is 17.8 Å². The van der Waals surface area contributed by atoms with Gasteiger partial charge in [-0.05, 0) is 31.4 Å². The molecule has 2 aromatic heterocycles. The van der Waals surface area contributed by atoms with E-state index in [4.69, 9.17) is 10.8 Å². The molecule has 2 amide bonds. The smallest absolute Gasteiger partial charge is 0.326 e. The first-order valence-corrected chi connectivity index (χ1v) is 9.07. The quantitative estimate of drug-likeness (QED) is 0.453. The van der Waals surface area contributed by atoms with E-state index in [0.29, 0.717) is 18.7 Å². The summed E-state index contributed by atoms with van der Waals surface area (Å²) in [5, 5.41) is 19.6. The molecule has 0 saturated carbocycles. The number of aryl methyl sites for hydroxylation is 1. The van der Waals surface area contributed by atoms with Crippen molar-refractivity contribution in [3.05, 3.63) is 30.6 Å². The maximum atomic E-state index is 11.9. The summed E-state index contributed by atoms with van der Waals surface area (Å²) < 4.78 is 1.73. The number of carboxylic acid groups (broad SMARTS) is 1. The van der Waals surface area contributed by atoms with Crippen LogP contribution in [0, 0.1) is 0 Å². The van der Waals surface area contributed by atoms with E-state index in [1.165, 1.54) is 0 Å². The number of aromatic nitrogens is 4. The predicted octanol–water partition coefficient (Wildman–Crippen LogP) is 0.735. The molecule has 0 saturated heterocycles. The molecule has 0 aliphatic carbocycles. The van der Waals surface area contributed by atoms with Gasteiger partial charge in [0.05, 0.1) is 11.9 Å². The maximum absolute atomic E-state index is 11.9. The first kappa shape index (κ1) is 21.0. The van der Waals surface area contributed by atoms with Crippen molar-refractivity contribution in [2.45, 2.75) is 51.1 Å². The lowest BCUT2D eigenvalue weighted by molar-refractivity contribution is -0.142. The molecule has 10 nitrogen and oxygen atoms in total. The standard InChI is InChI=1S/C18H24N6O4/c19-16(25)9-8-14(18(27)28)21-17(26)7-2-1-5-11-24-12-15(22-23-24)13-6-3-4-10-20-13/h3-4,6,10,12,14H,1-2,5,7-9,11H2,(H2,19,25)(H,21,26)(H,27,28)/t14-/m0/s1. The lowest BCUT2D eigenvalue weighted by atomic mass is 10.1. The van der Waals surface area contributed by atoms with Gasteiger partial charge < -0.3 is 16.2 Å². The molecule has 0 spiro atoms. The Balaban J connectivity index is 1.66. The minimum atomic E-state index is -1.18. The first-order chi connectivity index (χ1) is 13.5. The number of carbonyl (C=O) groups is 3. The number of aliphatic carboxylic acids is 1. The van der Waals surface area contributed by atoms with Crippen LogP contribution in [0.3, 0.4) is 0 Å². The largest absolute Gasteiger partial charge is 0.480 e. The fourth-order valence-corrected chi connectivity index (χ4v) is 2.59. The zero-order valence-corrected chi connectivity index (χ0v) is 15.5. The number of nitrogens with zero attached hydrogens (tertiary/aromatic N) is 4. The van der Waals surface area contributed by atoms with E-state index in [0.717, 1.165) is 18.5 Å². The number of amides is 2. The molecule has 2 rings (SSSR count). The molecule has 28 heavy (non-hydrogen) atoms. The minimum absolute atomic E-state index is 0.0126. The van der Waals surface area contributed by atoms with Crippen LogP contribution in [0.15, 0.2) is 30.6 Å². The first-order valence-electron chi connectivity index (χ1n) is 9.07. The van der Waals surface area contributed by atoms with Crippen LogP contribution in [-0.4, -0.2) is 48.9 Å². The van der Waals surface area contributed by atoms with E-state index in [2.05, 4.69) is 20.6 Å². The maximum Gasteiger partial charge on any atom is 0.326 e. The average Bonchev–Trinajstić information content (AvgIpc) is 3.14. The Morgan fingerprint density at radius 2 is 1.96 bits per heavy atom. The molecular weight excluding hydrogens is 364 g/mol. The fourth-order valence-electron chi connectivity index (χ4n) is 2.59. The van der Waals surface area contributed by atoms with E-state index < -0.39 is 17.9 Å². The van der Waals surface area contributed by atoms with Gasteiger partial charge in [-0.15, -0.1) is 5.10 Å². The van der Waals surface area contributed by atoms with Crippen LogP contribution in [0.2, 0.25) is 0 Å². The van der Waals surface area contributed by atoms with Crippen molar-refractivity contribution < 1.29 is 19.5 Å². The van der Waals surface area contributed by atoms with Crippen molar-refractivity contribution in [3.8, 4) is 11.4 Å². The molecule has 0 aromatic carbocycles. The number of pyridine rings is 1. The third-order valence-corrected chi connectivity index (χ3v) is 4.07. The number of rotatable bonds is 12. The van der Waals surface area contributed by atoms with Crippen molar-refractivity contribution in [1.82, 2.24) is 25.3 Å². The van der Waals surface area contributed by atoms with Crippen molar-refractivity contribution in [3.63, 3.8) is 0 Å². The molecule has 2 aromatic rings. The van der Waals surface area contributed by atoms with E-state index in [1.807, 2.05) is 24.4 Å². The Morgan fingerprint density at radius 3 is 2.64 bits per heavy atom. The highest BCUT2D eigenvalue weighted by Crippen LogP contribution is 2.12. The van der Waals surface area contributed by atoms with Gasteiger partial charge in [0, 0.05) is 25.6 Å². The van der Waals surface area contributed by atoms with Crippen LogP contribution >= 0.6 is 0 Å². The minimum Gasteiger partial charge on any atom is -0.480 e. The van der Waals surface area contributed by atoms with Gasteiger partial charge in [-0.1, -0.05) is 17.7 Å². The lowest BCUT2D eigenvalue weighted by Gasteiger charge is -2.13. The van der Waals surface area contributed by atoms with Gasteiger partial charge >= 0.3 is 5.97 Å². The Kier molecular flexibility index (Phi) is 8.07. The van der Waals surface area contributed by atoms with Gasteiger partial charge in [0.25, 0.3) is 0 Å². The fraction of sp³-hybridized carbons (Fsp3) is 0.444. The highest BCUT2D eigenvalue weighted by Gasteiger charge is 2.20. The van der Waals surface area contributed by atoms with Crippen molar-refractivity contribution in [1.29, 1.82) is 0 Å². The molecular formula is C18H24N6O4. The van der Waals surface area contributed by atoms with E-state index in [1.54, 1.807) is 10.9 Å². The number of carboxylic acids is 1. The van der Waals surface area contributed by atoms with Crippen LogP contribution in [0.25, 0.3) is 11.4 Å². The number of primary amides is 1. The Morgan fingerprint density at radius 1 is 1.14 bits per heavy atom. The summed E-state index contributed by atoms with van der Waals surface area (Å²) in [4.78, 5) is 37.9. The Labute approximate surface area is 162 Å². The third kappa shape index (κ3) is 7.14. The zero-order valence-electron chi connectivity index (χ0n) is 15.5. The lowest BCUT2D eigenvalue weighted by Crippen LogP contribution is -2.41. The van der Waals surface area contributed by atoms with Crippen molar-refractivity contribution in [2.75, 3.05) is 0 Å². The predicted molar refractivity (Wildman–Crippen MR) is 99.7 cm³/mol. The van der Waals surface area contributed by atoms with Crippen molar-refractivity contribution in [2.24, 2.45) is 5.73 Å². The number of hydrogen-bond acceptors (Lipinski definition) is 6. The molecule has 0 bridgehead atoms. The van der Waals surface area contributed by atoms with Crippen LogP contribution in [0.1, 0.15) is 38.5 Å².